The van der Waals surface area contributed by atoms with E-state index >= 15 is 0 Å². The van der Waals surface area contributed by atoms with Gasteiger partial charge in [0.2, 0.25) is 0 Å². The van der Waals surface area contributed by atoms with Gasteiger partial charge in [-0.05, 0) is 38.1 Å². The number of nitrogens with zero attached hydrogens (tertiary/aromatic N) is 3. The normalized spacial score (nSPS) is 19.4. The topological polar surface area (TPSA) is 61.9 Å². The molecule has 1 amide bonds. The molecule has 0 saturated carbocycles. The molecular formula is C14H17FN4O. The van der Waals surface area contributed by atoms with E-state index in [1.54, 1.807) is 30.3 Å². The number of anilines is 1. The number of rotatable bonds is 3. The monoisotopic (exact) mass is 276 g/mol. The van der Waals surface area contributed by atoms with Crippen molar-refractivity contribution in [2.75, 3.05) is 11.4 Å². The number of amides is 1. The minimum Gasteiger partial charge on any atom is -0.365 e. The van der Waals surface area contributed by atoms with E-state index in [4.69, 9.17) is 5.73 Å². The Morgan fingerprint density at radius 3 is 2.55 bits per heavy atom. The van der Waals surface area contributed by atoms with Gasteiger partial charge in [0.05, 0.1) is 6.04 Å². The van der Waals surface area contributed by atoms with Crippen molar-refractivity contribution in [1.29, 1.82) is 0 Å². The average Bonchev–Trinajstić information content (AvgIpc) is 2.41. The Morgan fingerprint density at radius 2 is 2.00 bits per heavy atom. The fourth-order valence-corrected chi connectivity index (χ4v) is 1.90. The van der Waals surface area contributed by atoms with Gasteiger partial charge in [-0.25, -0.2) is 4.39 Å². The number of carbonyl (C=O) groups excluding carboxylic acids is 1. The second kappa shape index (κ2) is 5.73. The smallest absolute Gasteiger partial charge is 0.264 e. The SMILES string of the molecule is C/C(=N\N1C=CN(c2ccc(F)cc2)C[C@H]1C)C(N)=O. The van der Waals surface area contributed by atoms with Crippen molar-refractivity contribution in [1.82, 2.24) is 5.01 Å². The van der Waals surface area contributed by atoms with Gasteiger partial charge in [-0.1, -0.05) is 0 Å². The lowest BCUT2D eigenvalue weighted by Crippen LogP contribution is -2.40. The van der Waals surface area contributed by atoms with E-state index in [2.05, 4.69) is 5.10 Å². The zero-order chi connectivity index (χ0) is 14.7. The van der Waals surface area contributed by atoms with Gasteiger partial charge in [0.15, 0.2) is 0 Å². The van der Waals surface area contributed by atoms with E-state index in [0.717, 1.165) is 5.69 Å². The molecule has 1 heterocycles. The minimum atomic E-state index is -0.536. The molecule has 1 atom stereocenters. The Morgan fingerprint density at radius 1 is 1.35 bits per heavy atom. The van der Waals surface area contributed by atoms with Gasteiger partial charge < -0.3 is 10.6 Å². The van der Waals surface area contributed by atoms with Crippen LogP contribution in [0.15, 0.2) is 41.8 Å². The van der Waals surface area contributed by atoms with Gasteiger partial charge in [-0.3, -0.25) is 9.80 Å². The van der Waals surface area contributed by atoms with Crippen LogP contribution in [0.4, 0.5) is 10.1 Å². The second-order valence-electron chi connectivity index (χ2n) is 4.71. The van der Waals surface area contributed by atoms with Crippen molar-refractivity contribution in [2.45, 2.75) is 19.9 Å². The second-order valence-corrected chi connectivity index (χ2v) is 4.71. The summed E-state index contributed by atoms with van der Waals surface area (Å²) < 4.78 is 12.9. The molecular weight excluding hydrogens is 259 g/mol. The maximum atomic E-state index is 12.9. The fraction of sp³-hybridized carbons (Fsp3) is 0.286. The Balaban J connectivity index is 2.15. The highest BCUT2D eigenvalue weighted by Gasteiger charge is 2.19. The highest BCUT2D eigenvalue weighted by atomic mass is 19.1. The number of primary amides is 1. The van der Waals surface area contributed by atoms with E-state index in [9.17, 15) is 9.18 Å². The number of hydrogen-bond donors (Lipinski definition) is 1. The Bertz CT molecular complexity index is 553. The summed E-state index contributed by atoms with van der Waals surface area (Å²) in [5.74, 6) is -0.794. The predicted molar refractivity (Wildman–Crippen MR) is 76.5 cm³/mol. The third kappa shape index (κ3) is 3.14. The van der Waals surface area contributed by atoms with Gasteiger partial charge in [-0.15, -0.1) is 0 Å². The first kappa shape index (κ1) is 14.0. The summed E-state index contributed by atoms with van der Waals surface area (Å²) >= 11 is 0. The molecule has 0 bridgehead atoms. The predicted octanol–water partition coefficient (Wildman–Crippen LogP) is 1.67. The highest BCUT2D eigenvalue weighted by Crippen LogP contribution is 2.20. The van der Waals surface area contributed by atoms with Gasteiger partial charge >= 0.3 is 0 Å². The molecule has 0 saturated heterocycles. The first-order valence-electron chi connectivity index (χ1n) is 6.31. The van der Waals surface area contributed by atoms with Crippen molar-refractivity contribution in [2.24, 2.45) is 10.8 Å². The van der Waals surface area contributed by atoms with Gasteiger partial charge in [0, 0.05) is 24.6 Å². The van der Waals surface area contributed by atoms with E-state index in [-0.39, 0.29) is 17.6 Å². The lowest BCUT2D eigenvalue weighted by atomic mass is 10.2. The molecule has 1 aliphatic rings. The third-order valence-electron chi connectivity index (χ3n) is 3.09. The van der Waals surface area contributed by atoms with Crippen LogP contribution in [0.5, 0.6) is 0 Å². The van der Waals surface area contributed by atoms with Crippen LogP contribution in [0.1, 0.15) is 13.8 Å². The molecule has 2 N–H and O–H groups in total. The lowest BCUT2D eigenvalue weighted by molar-refractivity contribution is -0.112. The van der Waals surface area contributed by atoms with Crippen LogP contribution in [-0.2, 0) is 4.79 Å². The Labute approximate surface area is 117 Å². The zero-order valence-electron chi connectivity index (χ0n) is 11.5. The highest BCUT2D eigenvalue weighted by molar-refractivity contribution is 6.37. The summed E-state index contributed by atoms with van der Waals surface area (Å²) in [7, 11) is 0. The summed E-state index contributed by atoms with van der Waals surface area (Å²) in [6, 6.07) is 6.37. The molecule has 0 unspecified atom stereocenters. The molecule has 1 aliphatic heterocycles. The van der Waals surface area contributed by atoms with Crippen molar-refractivity contribution in [3.63, 3.8) is 0 Å². The van der Waals surface area contributed by atoms with Crippen LogP contribution in [0.3, 0.4) is 0 Å². The first-order valence-corrected chi connectivity index (χ1v) is 6.31. The van der Waals surface area contributed by atoms with Crippen LogP contribution in [0, 0.1) is 5.82 Å². The number of hydrazone groups is 1. The van der Waals surface area contributed by atoms with Gasteiger partial charge in [0.25, 0.3) is 5.91 Å². The molecule has 106 valence electrons. The maximum absolute atomic E-state index is 12.9. The summed E-state index contributed by atoms with van der Waals surface area (Å²) in [5.41, 5.74) is 6.33. The average molecular weight is 276 g/mol. The number of hydrogen-bond acceptors (Lipinski definition) is 4. The van der Waals surface area contributed by atoms with Crippen LogP contribution < -0.4 is 10.6 Å². The van der Waals surface area contributed by atoms with E-state index < -0.39 is 5.91 Å². The summed E-state index contributed by atoms with van der Waals surface area (Å²) in [4.78, 5) is 13.0. The molecule has 1 aromatic rings. The summed E-state index contributed by atoms with van der Waals surface area (Å²) in [5, 5.41) is 5.86. The van der Waals surface area contributed by atoms with Gasteiger partial charge in [0.1, 0.15) is 11.5 Å². The Kier molecular flexibility index (Phi) is 4.02. The number of halogens is 1. The molecule has 2 rings (SSSR count). The number of benzene rings is 1. The molecule has 0 aromatic heterocycles. The largest absolute Gasteiger partial charge is 0.365 e. The van der Waals surface area contributed by atoms with Gasteiger partial charge in [-0.2, -0.15) is 5.10 Å². The standard InChI is InChI=1S/C14H17FN4O/c1-10-9-18(13-5-3-12(15)4-6-13)7-8-19(10)17-11(2)14(16)20/h3-8,10H,9H2,1-2H3,(H2,16,20)/b17-11+/t10-/m1/s1. The number of carbonyl (C=O) groups is 1. The van der Waals surface area contributed by atoms with Crippen LogP contribution in [0.25, 0.3) is 0 Å². The molecule has 5 nitrogen and oxygen atoms in total. The minimum absolute atomic E-state index is 0.0688. The molecule has 6 heteroatoms. The molecule has 20 heavy (non-hydrogen) atoms. The molecule has 0 spiro atoms. The fourth-order valence-electron chi connectivity index (χ4n) is 1.90. The summed E-state index contributed by atoms with van der Waals surface area (Å²) in [6.07, 6.45) is 3.61. The van der Waals surface area contributed by atoms with E-state index in [1.807, 2.05) is 18.0 Å². The molecule has 0 aliphatic carbocycles. The third-order valence-corrected chi connectivity index (χ3v) is 3.09. The maximum Gasteiger partial charge on any atom is 0.264 e. The van der Waals surface area contributed by atoms with E-state index in [0.29, 0.717) is 6.54 Å². The summed E-state index contributed by atoms with van der Waals surface area (Å²) in [6.45, 7) is 4.24. The van der Waals surface area contributed by atoms with Crippen molar-refractivity contribution < 1.29 is 9.18 Å². The van der Waals surface area contributed by atoms with Crippen LogP contribution >= 0.6 is 0 Å². The Hall–Kier alpha value is -2.37. The van der Waals surface area contributed by atoms with Crippen LogP contribution in [-0.4, -0.2) is 29.2 Å². The molecule has 0 radical (unpaired) electrons. The quantitative estimate of drug-likeness (QED) is 0.854. The number of nitrogens with two attached hydrogens (primary N) is 1. The zero-order valence-corrected chi connectivity index (χ0v) is 11.5. The lowest BCUT2D eigenvalue weighted by Gasteiger charge is -2.34. The van der Waals surface area contributed by atoms with Crippen molar-refractivity contribution in [3.8, 4) is 0 Å². The van der Waals surface area contributed by atoms with Crippen molar-refractivity contribution in [3.05, 3.63) is 42.5 Å². The van der Waals surface area contributed by atoms with Crippen molar-refractivity contribution >= 4 is 17.3 Å². The van der Waals surface area contributed by atoms with Crippen LogP contribution in [0.2, 0.25) is 0 Å². The first-order chi connectivity index (χ1) is 9.47. The molecule has 1 aromatic carbocycles. The van der Waals surface area contributed by atoms with E-state index in [1.165, 1.54) is 12.1 Å². The molecule has 0 fully saturated rings.